The summed E-state index contributed by atoms with van der Waals surface area (Å²) in [6.45, 7) is 6.78. The van der Waals surface area contributed by atoms with Crippen LogP contribution < -0.4 is 5.32 Å². The number of amides is 1. The molecule has 116 valence electrons. The van der Waals surface area contributed by atoms with Crippen molar-refractivity contribution in [2.75, 3.05) is 0 Å². The van der Waals surface area contributed by atoms with E-state index in [2.05, 4.69) is 5.32 Å². The topological polar surface area (TPSA) is 95.9 Å². The highest BCUT2D eigenvalue weighted by molar-refractivity contribution is 5.81. The number of benzene rings is 1. The molecule has 0 saturated carbocycles. The zero-order valence-electron chi connectivity index (χ0n) is 12.6. The van der Waals surface area contributed by atoms with Gasteiger partial charge in [0.15, 0.2) is 0 Å². The Labute approximate surface area is 123 Å². The number of alkyl carbamates (subject to hydrolysis) is 1. The molecule has 2 atom stereocenters. The van der Waals surface area contributed by atoms with E-state index in [0.717, 1.165) is 0 Å². The number of carboxylic acids is 1. The standard InChI is InChI=1S/C15H21NO5/c1-9(10-5-7-11(17)8-6-10)12(13(18)19)16-14(20)21-15(2,3)4/h5-9,12,17H,1-4H3,(H,16,20)(H,18,19). The van der Waals surface area contributed by atoms with Crippen molar-refractivity contribution >= 4 is 12.1 Å². The fraction of sp³-hybridized carbons (Fsp3) is 0.467. The number of carbonyl (C=O) groups excluding carboxylic acids is 1. The van der Waals surface area contributed by atoms with Crippen LogP contribution in [0, 0.1) is 0 Å². The molecular weight excluding hydrogens is 274 g/mol. The third-order valence-corrected chi connectivity index (χ3v) is 2.86. The van der Waals surface area contributed by atoms with Gasteiger partial charge in [-0.15, -0.1) is 0 Å². The monoisotopic (exact) mass is 295 g/mol. The summed E-state index contributed by atoms with van der Waals surface area (Å²) in [7, 11) is 0. The molecule has 0 bridgehead atoms. The van der Waals surface area contributed by atoms with Crippen LogP contribution in [0.15, 0.2) is 24.3 Å². The lowest BCUT2D eigenvalue weighted by Crippen LogP contribution is -2.46. The molecule has 0 radical (unpaired) electrons. The lowest BCUT2D eigenvalue weighted by Gasteiger charge is -2.25. The van der Waals surface area contributed by atoms with Crippen LogP contribution in [0.25, 0.3) is 0 Å². The van der Waals surface area contributed by atoms with Crippen LogP contribution in [0.3, 0.4) is 0 Å². The highest BCUT2D eigenvalue weighted by Gasteiger charge is 2.29. The van der Waals surface area contributed by atoms with E-state index in [1.807, 2.05) is 0 Å². The van der Waals surface area contributed by atoms with Crippen molar-refractivity contribution in [3.8, 4) is 5.75 Å². The molecule has 0 aliphatic carbocycles. The van der Waals surface area contributed by atoms with Crippen LogP contribution in [0.2, 0.25) is 0 Å². The lowest BCUT2D eigenvalue weighted by molar-refractivity contribution is -0.140. The summed E-state index contributed by atoms with van der Waals surface area (Å²) in [6, 6.07) is 5.06. The van der Waals surface area contributed by atoms with E-state index in [4.69, 9.17) is 4.74 Å². The number of phenolic OH excluding ortho intramolecular Hbond substituents is 1. The number of aromatic hydroxyl groups is 1. The Bertz CT molecular complexity index is 504. The van der Waals surface area contributed by atoms with Gasteiger partial charge in [-0.25, -0.2) is 9.59 Å². The number of hydrogen-bond donors (Lipinski definition) is 3. The van der Waals surface area contributed by atoms with E-state index < -0.39 is 29.6 Å². The summed E-state index contributed by atoms with van der Waals surface area (Å²) in [5.74, 6) is -1.53. The molecule has 6 nitrogen and oxygen atoms in total. The Morgan fingerprint density at radius 3 is 2.14 bits per heavy atom. The van der Waals surface area contributed by atoms with Crippen LogP contribution in [0.1, 0.15) is 39.2 Å². The van der Waals surface area contributed by atoms with Gasteiger partial charge in [0.25, 0.3) is 0 Å². The van der Waals surface area contributed by atoms with Gasteiger partial charge in [-0.2, -0.15) is 0 Å². The first-order valence-corrected chi connectivity index (χ1v) is 6.61. The summed E-state index contributed by atoms with van der Waals surface area (Å²) in [6.07, 6.45) is -0.777. The maximum Gasteiger partial charge on any atom is 0.408 e. The van der Waals surface area contributed by atoms with Gasteiger partial charge in [0, 0.05) is 5.92 Å². The zero-order chi connectivity index (χ0) is 16.2. The highest BCUT2D eigenvalue weighted by Crippen LogP contribution is 2.22. The van der Waals surface area contributed by atoms with Crippen LogP contribution in [0.4, 0.5) is 4.79 Å². The second-order valence-electron chi connectivity index (χ2n) is 5.84. The Morgan fingerprint density at radius 1 is 1.19 bits per heavy atom. The summed E-state index contributed by atoms with van der Waals surface area (Å²) in [5.41, 5.74) is -0.00851. The third-order valence-electron chi connectivity index (χ3n) is 2.86. The smallest absolute Gasteiger partial charge is 0.408 e. The molecule has 2 unspecified atom stereocenters. The molecule has 0 fully saturated rings. The fourth-order valence-corrected chi connectivity index (χ4v) is 1.81. The van der Waals surface area contributed by atoms with Gasteiger partial charge in [-0.1, -0.05) is 19.1 Å². The van der Waals surface area contributed by atoms with Crippen molar-refractivity contribution in [1.82, 2.24) is 5.32 Å². The predicted molar refractivity (Wildman–Crippen MR) is 77.3 cm³/mol. The predicted octanol–water partition coefficient (Wildman–Crippen LogP) is 2.47. The SMILES string of the molecule is CC(c1ccc(O)cc1)C(NC(=O)OC(C)(C)C)C(=O)O. The molecule has 0 heterocycles. The van der Waals surface area contributed by atoms with Crippen LogP contribution >= 0.6 is 0 Å². The van der Waals surface area contributed by atoms with E-state index in [-0.39, 0.29) is 5.75 Å². The zero-order valence-corrected chi connectivity index (χ0v) is 12.6. The minimum absolute atomic E-state index is 0.0953. The van der Waals surface area contributed by atoms with Crippen LogP contribution in [0.5, 0.6) is 5.75 Å². The number of hydrogen-bond acceptors (Lipinski definition) is 4. The second-order valence-corrected chi connectivity index (χ2v) is 5.84. The van der Waals surface area contributed by atoms with Gasteiger partial charge < -0.3 is 20.3 Å². The summed E-state index contributed by atoms with van der Waals surface area (Å²) in [4.78, 5) is 23.1. The molecule has 1 rings (SSSR count). The molecule has 21 heavy (non-hydrogen) atoms. The van der Waals surface area contributed by atoms with E-state index in [9.17, 15) is 19.8 Å². The number of phenols is 1. The summed E-state index contributed by atoms with van der Waals surface area (Å²) >= 11 is 0. The maximum atomic E-state index is 11.7. The minimum Gasteiger partial charge on any atom is -0.508 e. The van der Waals surface area contributed by atoms with E-state index in [0.29, 0.717) is 5.56 Å². The normalized spacial score (nSPS) is 14.1. The molecular formula is C15H21NO5. The van der Waals surface area contributed by atoms with Gasteiger partial charge in [0.1, 0.15) is 17.4 Å². The molecule has 0 saturated heterocycles. The largest absolute Gasteiger partial charge is 0.508 e. The van der Waals surface area contributed by atoms with E-state index in [1.54, 1.807) is 39.8 Å². The van der Waals surface area contributed by atoms with Crippen LogP contribution in [-0.2, 0) is 9.53 Å². The van der Waals surface area contributed by atoms with E-state index in [1.165, 1.54) is 12.1 Å². The highest BCUT2D eigenvalue weighted by atomic mass is 16.6. The molecule has 6 heteroatoms. The fourth-order valence-electron chi connectivity index (χ4n) is 1.81. The Balaban J connectivity index is 2.84. The Kier molecular flexibility index (Phi) is 5.18. The number of nitrogens with one attached hydrogen (secondary N) is 1. The molecule has 1 aromatic rings. The second kappa shape index (κ2) is 6.47. The van der Waals surface area contributed by atoms with Crippen molar-refractivity contribution in [3.05, 3.63) is 29.8 Å². The number of carboxylic acid groups (broad SMARTS) is 1. The molecule has 3 N–H and O–H groups in total. The molecule has 1 aromatic carbocycles. The Hall–Kier alpha value is -2.24. The van der Waals surface area contributed by atoms with Crippen molar-refractivity contribution in [1.29, 1.82) is 0 Å². The number of ether oxygens (including phenoxy) is 1. The van der Waals surface area contributed by atoms with E-state index >= 15 is 0 Å². The first kappa shape index (κ1) is 16.8. The third kappa shape index (κ3) is 5.33. The average molecular weight is 295 g/mol. The van der Waals surface area contributed by atoms with Crippen molar-refractivity contribution in [2.24, 2.45) is 0 Å². The molecule has 0 aromatic heterocycles. The summed E-state index contributed by atoms with van der Waals surface area (Å²) < 4.78 is 5.07. The van der Waals surface area contributed by atoms with Gasteiger partial charge in [0.05, 0.1) is 0 Å². The van der Waals surface area contributed by atoms with Gasteiger partial charge >= 0.3 is 12.1 Å². The maximum absolute atomic E-state index is 11.7. The van der Waals surface area contributed by atoms with Gasteiger partial charge in [0.2, 0.25) is 0 Å². The summed E-state index contributed by atoms with van der Waals surface area (Å²) in [5, 5.41) is 20.9. The van der Waals surface area contributed by atoms with Crippen LogP contribution in [-0.4, -0.2) is 33.9 Å². The quantitative estimate of drug-likeness (QED) is 0.793. The Morgan fingerprint density at radius 2 is 1.71 bits per heavy atom. The molecule has 0 aliphatic heterocycles. The first-order chi connectivity index (χ1) is 9.60. The minimum atomic E-state index is -1.15. The molecule has 1 amide bonds. The van der Waals surface area contributed by atoms with Gasteiger partial charge in [-0.3, -0.25) is 0 Å². The number of rotatable bonds is 4. The first-order valence-electron chi connectivity index (χ1n) is 6.61. The van der Waals surface area contributed by atoms with Crippen molar-refractivity contribution in [3.63, 3.8) is 0 Å². The van der Waals surface area contributed by atoms with Crippen molar-refractivity contribution < 1.29 is 24.5 Å². The average Bonchev–Trinajstić information content (AvgIpc) is 2.33. The lowest BCUT2D eigenvalue weighted by atomic mass is 9.93. The number of aliphatic carboxylic acids is 1. The number of carbonyl (C=O) groups is 2. The molecule has 0 spiro atoms. The van der Waals surface area contributed by atoms with Gasteiger partial charge in [-0.05, 0) is 38.5 Å². The van der Waals surface area contributed by atoms with Crippen molar-refractivity contribution in [2.45, 2.75) is 45.3 Å². The molecule has 0 aliphatic rings.